The summed E-state index contributed by atoms with van der Waals surface area (Å²) in [5.41, 5.74) is 8.65. The van der Waals surface area contributed by atoms with E-state index >= 15 is 0 Å². The molecule has 0 spiro atoms. The highest BCUT2D eigenvalue weighted by Crippen LogP contribution is 2.21. The van der Waals surface area contributed by atoms with Crippen LogP contribution in [0.2, 0.25) is 0 Å². The van der Waals surface area contributed by atoms with Crippen LogP contribution in [-0.2, 0) is 6.42 Å². The zero-order chi connectivity index (χ0) is 13.7. The molecule has 2 atom stereocenters. The Kier molecular flexibility index (Phi) is 4.53. The van der Waals surface area contributed by atoms with E-state index in [4.69, 9.17) is 5.73 Å². The second-order valence-electron chi connectivity index (χ2n) is 4.90. The molecule has 3 nitrogen and oxygen atoms in total. The smallest absolute Gasteiger partial charge is 0.0951 e. The highest BCUT2D eigenvalue weighted by molar-refractivity contribution is 5.18. The van der Waals surface area contributed by atoms with Crippen LogP contribution in [0.15, 0.2) is 55.5 Å². The number of hydrogen-bond donors (Lipinski definition) is 1. The summed E-state index contributed by atoms with van der Waals surface area (Å²) in [6.45, 7) is 5.94. The number of nitrogens with two attached hydrogens (primary N) is 1. The molecule has 2 aromatic rings. The van der Waals surface area contributed by atoms with Gasteiger partial charge in [0.15, 0.2) is 0 Å². The number of aromatic nitrogens is 2. The van der Waals surface area contributed by atoms with Crippen LogP contribution in [0.5, 0.6) is 0 Å². The lowest BCUT2D eigenvalue weighted by atomic mass is 10.0. The quantitative estimate of drug-likeness (QED) is 0.805. The second kappa shape index (κ2) is 6.34. The van der Waals surface area contributed by atoms with Crippen molar-refractivity contribution in [2.75, 3.05) is 0 Å². The van der Waals surface area contributed by atoms with E-state index in [-0.39, 0.29) is 6.04 Å². The molecule has 0 aliphatic heterocycles. The van der Waals surface area contributed by atoms with Crippen molar-refractivity contribution < 1.29 is 0 Å². The molecule has 3 heteroatoms. The first-order valence-corrected chi connectivity index (χ1v) is 6.64. The number of allylic oxidation sites excluding steroid dienone is 1. The van der Waals surface area contributed by atoms with Crippen molar-refractivity contribution in [3.63, 3.8) is 0 Å². The van der Waals surface area contributed by atoms with Crippen LogP contribution in [0.1, 0.15) is 36.7 Å². The summed E-state index contributed by atoms with van der Waals surface area (Å²) in [7, 11) is 0. The van der Waals surface area contributed by atoms with Gasteiger partial charge in [0, 0.05) is 12.2 Å². The fourth-order valence-corrected chi connectivity index (χ4v) is 2.30. The van der Waals surface area contributed by atoms with Gasteiger partial charge in [0.25, 0.3) is 0 Å². The molecule has 1 heterocycles. The largest absolute Gasteiger partial charge is 0.330 e. The maximum Gasteiger partial charge on any atom is 0.0951 e. The Labute approximate surface area is 114 Å². The zero-order valence-corrected chi connectivity index (χ0v) is 11.4. The van der Waals surface area contributed by atoms with Crippen LogP contribution in [0.25, 0.3) is 0 Å². The minimum Gasteiger partial charge on any atom is -0.330 e. The summed E-state index contributed by atoms with van der Waals surface area (Å²) in [4.78, 5) is 4.24. The number of nitrogens with zero attached hydrogens (tertiary/aromatic N) is 2. The molecule has 0 saturated carbocycles. The molecule has 0 aliphatic rings. The van der Waals surface area contributed by atoms with Gasteiger partial charge < -0.3 is 10.3 Å². The predicted octanol–water partition coefficient (Wildman–Crippen LogP) is 3.26. The molecule has 0 bridgehead atoms. The van der Waals surface area contributed by atoms with E-state index in [0.29, 0.717) is 6.04 Å². The van der Waals surface area contributed by atoms with Crippen LogP contribution < -0.4 is 5.73 Å². The molecule has 1 aromatic heterocycles. The first-order chi connectivity index (χ1) is 9.22. The van der Waals surface area contributed by atoms with E-state index in [0.717, 1.165) is 18.5 Å². The van der Waals surface area contributed by atoms with Gasteiger partial charge in [-0.05, 0) is 25.3 Å². The molecular formula is C16H21N3. The zero-order valence-electron chi connectivity index (χ0n) is 11.4. The van der Waals surface area contributed by atoms with Gasteiger partial charge in [-0.3, -0.25) is 0 Å². The molecule has 19 heavy (non-hydrogen) atoms. The van der Waals surface area contributed by atoms with E-state index in [1.807, 2.05) is 36.8 Å². The second-order valence-corrected chi connectivity index (χ2v) is 4.90. The first kappa shape index (κ1) is 13.6. The number of imidazole rings is 1. The Morgan fingerprint density at radius 2 is 2.11 bits per heavy atom. The van der Waals surface area contributed by atoms with Crippen molar-refractivity contribution in [3.8, 4) is 0 Å². The lowest BCUT2D eigenvalue weighted by Crippen LogP contribution is -2.19. The molecule has 1 unspecified atom stereocenters. The molecule has 0 aliphatic carbocycles. The minimum atomic E-state index is -0.0304. The third-order valence-corrected chi connectivity index (χ3v) is 3.36. The normalized spacial score (nSPS) is 14.0. The standard InChI is InChI=1S/C16H21N3/c1-3-7-13(2)19-12-18-11-16(19)15(17)10-14-8-5-4-6-9-14/h3-6,8-9,11-13,15H,1,7,10,17H2,2H3/t13?,15-/m1/s1. The van der Waals surface area contributed by atoms with Crippen molar-refractivity contribution in [1.29, 1.82) is 0 Å². The minimum absolute atomic E-state index is 0.0304. The molecule has 0 saturated heterocycles. The van der Waals surface area contributed by atoms with Gasteiger partial charge in [0.2, 0.25) is 0 Å². The predicted molar refractivity (Wildman–Crippen MR) is 78.8 cm³/mol. The Morgan fingerprint density at radius 3 is 2.79 bits per heavy atom. The fourth-order valence-electron chi connectivity index (χ4n) is 2.30. The maximum atomic E-state index is 6.32. The van der Waals surface area contributed by atoms with Crippen LogP contribution >= 0.6 is 0 Å². The lowest BCUT2D eigenvalue weighted by Gasteiger charge is -2.19. The van der Waals surface area contributed by atoms with Crippen molar-refractivity contribution >= 4 is 0 Å². The molecule has 0 fully saturated rings. The average Bonchev–Trinajstić information content (AvgIpc) is 2.89. The molecule has 2 rings (SSSR count). The number of hydrogen-bond acceptors (Lipinski definition) is 2. The van der Waals surface area contributed by atoms with E-state index in [1.165, 1.54) is 5.56 Å². The molecule has 1 aromatic carbocycles. The van der Waals surface area contributed by atoms with Gasteiger partial charge in [-0.2, -0.15) is 0 Å². The Hall–Kier alpha value is -1.87. The number of benzene rings is 1. The summed E-state index contributed by atoms with van der Waals surface area (Å²) in [6, 6.07) is 10.6. The monoisotopic (exact) mass is 255 g/mol. The van der Waals surface area contributed by atoms with Gasteiger partial charge >= 0.3 is 0 Å². The van der Waals surface area contributed by atoms with Crippen molar-refractivity contribution in [2.24, 2.45) is 5.73 Å². The highest BCUT2D eigenvalue weighted by atomic mass is 15.1. The SMILES string of the molecule is C=CCC(C)n1cncc1[C@H](N)Cc1ccccc1. The van der Waals surface area contributed by atoms with Gasteiger partial charge in [0.05, 0.1) is 18.1 Å². The molecule has 100 valence electrons. The van der Waals surface area contributed by atoms with Gasteiger partial charge in [-0.1, -0.05) is 36.4 Å². The van der Waals surface area contributed by atoms with Crippen LogP contribution in [0.4, 0.5) is 0 Å². The molecule has 0 amide bonds. The number of rotatable bonds is 6. The Balaban J connectivity index is 2.13. The molecular weight excluding hydrogens is 234 g/mol. The Bertz CT molecular complexity index is 516. The van der Waals surface area contributed by atoms with Crippen molar-refractivity contribution in [3.05, 3.63) is 66.8 Å². The average molecular weight is 255 g/mol. The third kappa shape index (κ3) is 3.32. The fraction of sp³-hybridized carbons (Fsp3) is 0.312. The topological polar surface area (TPSA) is 43.8 Å². The molecule has 2 N–H and O–H groups in total. The summed E-state index contributed by atoms with van der Waals surface area (Å²) < 4.78 is 2.15. The summed E-state index contributed by atoms with van der Waals surface area (Å²) >= 11 is 0. The van der Waals surface area contributed by atoms with E-state index in [9.17, 15) is 0 Å². The van der Waals surface area contributed by atoms with Crippen molar-refractivity contribution in [2.45, 2.75) is 31.8 Å². The lowest BCUT2D eigenvalue weighted by molar-refractivity contribution is 0.509. The van der Waals surface area contributed by atoms with E-state index in [1.54, 1.807) is 0 Å². The summed E-state index contributed by atoms with van der Waals surface area (Å²) in [6.07, 6.45) is 7.40. The van der Waals surface area contributed by atoms with E-state index < -0.39 is 0 Å². The molecule has 0 radical (unpaired) electrons. The summed E-state index contributed by atoms with van der Waals surface area (Å²) in [5.74, 6) is 0. The van der Waals surface area contributed by atoms with Crippen LogP contribution in [-0.4, -0.2) is 9.55 Å². The van der Waals surface area contributed by atoms with Gasteiger partial charge in [-0.25, -0.2) is 4.98 Å². The summed E-state index contributed by atoms with van der Waals surface area (Å²) in [5, 5.41) is 0. The Morgan fingerprint density at radius 1 is 1.37 bits per heavy atom. The maximum absolute atomic E-state index is 6.32. The third-order valence-electron chi connectivity index (χ3n) is 3.36. The van der Waals surface area contributed by atoms with Crippen LogP contribution in [0.3, 0.4) is 0 Å². The van der Waals surface area contributed by atoms with Crippen LogP contribution in [0, 0.1) is 0 Å². The highest BCUT2D eigenvalue weighted by Gasteiger charge is 2.15. The van der Waals surface area contributed by atoms with Gasteiger partial charge in [0.1, 0.15) is 0 Å². The van der Waals surface area contributed by atoms with Gasteiger partial charge in [-0.15, -0.1) is 6.58 Å². The van der Waals surface area contributed by atoms with E-state index in [2.05, 4.69) is 35.2 Å². The first-order valence-electron chi connectivity index (χ1n) is 6.64. The van der Waals surface area contributed by atoms with Crippen molar-refractivity contribution in [1.82, 2.24) is 9.55 Å².